The molecule has 92 valence electrons. The fraction of sp³-hybridized carbons (Fsp3) is 1.00. The summed E-state index contributed by atoms with van der Waals surface area (Å²) in [5.74, 6) is 0. The Kier molecular flexibility index (Phi) is 8.37. The van der Waals surface area contributed by atoms with Crippen LogP contribution < -0.4 is 5.73 Å². The van der Waals surface area contributed by atoms with Gasteiger partial charge in [0, 0.05) is 26.2 Å². The molecule has 1 fully saturated rings. The Balaban J connectivity index is 0.00000196. The van der Waals surface area contributed by atoms with Crippen molar-refractivity contribution in [3.63, 3.8) is 0 Å². The molecule has 0 amide bonds. The van der Waals surface area contributed by atoms with Crippen LogP contribution in [0.15, 0.2) is 0 Å². The van der Waals surface area contributed by atoms with Gasteiger partial charge in [-0.1, -0.05) is 0 Å². The van der Waals surface area contributed by atoms with Crippen LogP contribution in [0.3, 0.4) is 0 Å². The van der Waals surface area contributed by atoms with E-state index in [1.54, 1.807) is 0 Å². The van der Waals surface area contributed by atoms with Gasteiger partial charge in [-0.25, -0.2) is 0 Å². The second-order valence-corrected chi connectivity index (χ2v) is 3.92. The average molecular weight is 239 g/mol. The second kappa shape index (κ2) is 8.30. The molecule has 0 aliphatic carbocycles. The van der Waals surface area contributed by atoms with E-state index in [-0.39, 0.29) is 12.4 Å². The molecule has 15 heavy (non-hydrogen) atoms. The normalized spacial score (nSPS) is 27.4. The molecule has 0 aromatic heterocycles. The van der Waals surface area contributed by atoms with E-state index in [9.17, 15) is 0 Å². The lowest BCUT2D eigenvalue weighted by Crippen LogP contribution is -2.46. The minimum absolute atomic E-state index is 0. The first-order valence-corrected chi connectivity index (χ1v) is 5.38. The van der Waals surface area contributed by atoms with E-state index < -0.39 is 0 Å². The van der Waals surface area contributed by atoms with Crippen LogP contribution in [0.2, 0.25) is 0 Å². The third kappa shape index (κ3) is 6.33. The van der Waals surface area contributed by atoms with Crippen molar-refractivity contribution >= 4 is 12.4 Å². The molecular formula is C10H23ClN2O2. The van der Waals surface area contributed by atoms with Crippen LogP contribution in [-0.2, 0) is 9.47 Å². The van der Waals surface area contributed by atoms with E-state index in [1.165, 1.54) is 0 Å². The molecular weight excluding hydrogens is 216 g/mol. The number of ether oxygens (including phenoxy) is 2. The van der Waals surface area contributed by atoms with Gasteiger partial charge < -0.3 is 15.2 Å². The minimum atomic E-state index is 0. The Morgan fingerprint density at radius 3 is 2.40 bits per heavy atom. The lowest BCUT2D eigenvalue weighted by atomic mass is 10.2. The van der Waals surface area contributed by atoms with Gasteiger partial charge in [-0.15, -0.1) is 12.4 Å². The maximum Gasteiger partial charge on any atom is 0.0678 e. The Labute approximate surface area is 98.5 Å². The summed E-state index contributed by atoms with van der Waals surface area (Å²) in [7, 11) is 0. The molecule has 1 aliphatic rings. The monoisotopic (exact) mass is 238 g/mol. The molecule has 2 N–H and O–H groups in total. The largest absolute Gasteiger partial charge is 0.379 e. The van der Waals surface area contributed by atoms with E-state index in [0.29, 0.717) is 25.4 Å². The van der Waals surface area contributed by atoms with Gasteiger partial charge in [0.2, 0.25) is 0 Å². The van der Waals surface area contributed by atoms with Crippen LogP contribution in [0.25, 0.3) is 0 Å². The van der Waals surface area contributed by atoms with Gasteiger partial charge in [0.25, 0.3) is 0 Å². The topological polar surface area (TPSA) is 47.7 Å². The number of morpholine rings is 1. The number of rotatable bonds is 5. The first-order valence-electron chi connectivity index (χ1n) is 5.38. The summed E-state index contributed by atoms with van der Waals surface area (Å²) in [5.41, 5.74) is 5.33. The molecule has 4 nitrogen and oxygen atoms in total. The summed E-state index contributed by atoms with van der Waals surface area (Å²) in [5, 5.41) is 0. The fourth-order valence-corrected chi connectivity index (χ4v) is 1.85. The van der Waals surface area contributed by atoms with Gasteiger partial charge >= 0.3 is 0 Å². The Morgan fingerprint density at radius 1 is 1.27 bits per heavy atom. The molecule has 0 radical (unpaired) electrons. The van der Waals surface area contributed by atoms with Gasteiger partial charge in [-0.3, -0.25) is 4.90 Å². The molecule has 0 bridgehead atoms. The lowest BCUT2D eigenvalue weighted by molar-refractivity contribution is -0.0728. The zero-order valence-corrected chi connectivity index (χ0v) is 10.5. The number of hydrogen-bond acceptors (Lipinski definition) is 4. The summed E-state index contributed by atoms with van der Waals surface area (Å²) in [6.45, 7) is 9.28. The predicted molar refractivity (Wildman–Crippen MR) is 63.6 cm³/mol. The summed E-state index contributed by atoms with van der Waals surface area (Å²) >= 11 is 0. The molecule has 0 aromatic rings. The predicted octanol–water partition coefficient (Wildman–Crippen LogP) is 0.493. The van der Waals surface area contributed by atoms with Crippen molar-refractivity contribution in [1.82, 2.24) is 4.90 Å². The van der Waals surface area contributed by atoms with E-state index in [2.05, 4.69) is 18.7 Å². The number of hydrogen-bond donors (Lipinski definition) is 1. The molecule has 1 heterocycles. The van der Waals surface area contributed by atoms with Crippen LogP contribution in [0.5, 0.6) is 0 Å². The summed E-state index contributed by atoms with van der Waals surface area (Å²) in [6, 6.07) is 0. The van der Waals surface area contributed by atoms with Crippen LogP contribution in [0.4, 0.5) is 0 Å². The van der Waals surface area contributed by atoms with Crippen molar-refractivity contribution in [1.29, 1.82) is 0 Å². The average Bonchev–Trinajstić information content (AvgIpc) is 2.11. The molecule has 1 rings (SSSR count). The highest BCUT2D eigenvalue weighted by atomic mass is 35.5. The van der Waals surface area contributed by atoms with Crippen LogP contribution in [-0.4, -0.2) is 56.5 Å². The van der Waals surface area contributed by atoms with Gasteiger partial charge in [0.15, 0.2) is 0 Å². The molecule has 1 saturated heterocycles. The van der Waals surface area contributed by atoms with E-state index >= 15 is 0 Å². The first-order chi connectivity index (χ1) is 6.72. The molecule has 5 heteroatoms. The fourth-order valence-electron chi connectivity index (χ4n) is 1.85. The van der Waals surface area contributed by atoms with Gasteiger partial charge in [-0.05, 0) is 13.8 Å². The number of halogens is 1. The van der Waals surface area contributed by atoms with Gasteiger partial charge in [0.1, 0.15) is 0 Å². The SMILES string of the molecule is C[C@@H]1CN(CCOCCN)C[C@H](C)O1.Cl. The highest BCUT2D eigenvalue weighted by Crippen LogP contribution is 2.09. The maximum absolute atomic E-state index is 5.64. The summed E-state index contributed by atoms with van der Waals surface area (Å²) in [6.07, 6.45) is 0.682. The van der Waals surface area contributed by atoms with Crippen LogP contribution in [0.1, 0.15) is 13.8 Å². The molecule has 1 aliphatic heterocycles. The zero-order valence-electron chi connectivity index (χ0n) is 9.65. The first kappa shape index (κ1) is 15.1. The van der Waals surface area contributed by atoms with Crippen molar-refractivity contribution in [2.24, 2.45) is 5.73 Å². The van der Waals surface area contributed by atoms with E-state index in [1.807, 2.05) is 0 Å². The van der Waals surface area contributed by atoms with E-state index in [4.69, 9.17) is 15.2 Å². The standard InChI is InChI=1S/C10H22N2O2.ClH/c1-9-7-12(8-10(2)14-9)4-6-13-5-3-11;/h9-10H,3-8,11H2,1-2H3;1H/t9-,10+;. The smallest absolute Gasteiger partial charge is 0.0678 e. The Bertz CT molecular complexity index is 150. The van der Waals surface area contributed by atoms with Crippen molar-refractivity contribution in [2.45, 2.75) is 26.1 Å². The molecule has 0 saturated carbocycles. The third-order valence-electron chi connectivity index (χ3n) is 2.31. The highest BCUT2D eigenvalue weighted by molar-refractivity contribution is 5.85. The van der Waals surface area contributed by atoms with Crippen molar-refractivity contribution in [3.8, 4) is 0 Å². The minimum Gasteiger partial charge on any atom is -0.379 e. The Morgan fingerprint density at radius 2 is 1.87 bits per heavy atom. The van der Waals surface area contributed by atoms with Crippen molar-refractivity contribution < 1.29 is 9.47 Å². The highest BCUT2D eigenvalue weighted by Gasteiger charge is 2.21. The Hall–Kier alpha value is 0.130. The van der Waals surface area contributed by atoms with Crippen LogP contribution >= 0.6 is 12.4 Å². The lowest BCUT2D eigenvalue weighted by Gasteiger charge is -2.35. The van der Waals surface area contributed by atoms with Gasteiger partial charge in [-0.2, -0.15) is 0 Å². The molecule has 0 aromatic carbocycles. The molecule has 2 atom stereocenters. The molecule has 0 spiro atoms. The number of nitrogens with two attached hydrogens (primary N) is 1. The third-order valence-corrected chi connectivity index (χ3v) is 2.31. The van der Waals surface area contributed by atoms with Gasteiger partial charge in [0.05, 0.1) is 25.4 Å². The van der Waals surface area contributed by atoms with Crippen molar-refractivity contribution in [2.75, 3.05) is 39.4 Å². The maximum atomic E-state index is 5.64. The zero-order chi connectivity index (χ0) is 10.4. The second-order valence-electron chi connectivity index (χ2n) is 3.92. The summed E-state index contributed by atoms with van der Waals surface area (Å²) in [4.78, 5) is 2.38. The summed E-state index contributed by atoms with van der Waals surface area (Å²) < 4.78 is 11.0. The van der Waals surface area contributed by atoms with E-state index in [0.717, 1.165) is 26.2 Å². The molecule has 0 unspecified atom stereocenters. The number of nitrogens with zero attached hydrogens (tertiary/aromatic N) is 1. The van der Waals surface area contributed by atoms with Crippen molar-refractivity contribution in [3.05, 3.63) is 0 Å². The van der Waals surface area contributed by atoms with Crippen LogP contribution in [0, 0.1) is 0 Å². The quantitative estimate of drug-likeness (QED) is 0.709.